The third-order valence-corrected chi connectivity index (χ3v) is 3.68. The summed E-state index contributed by atoms with van der Waals surface area (Å²) in [6, 6.07) is 0. The molecule has 1 N–H and O–H groups in total. The molecule has 1 unspecified atom stereocenters. The third-order valence-electron chi connectivity index (χ3n) is 3.68. The highest BCUT2D eigenvalue weighted by molar-refractivity contribution is 5.66. The van der Waals surface area contributed by atoms with Crippen LogP contribution in [0.3, 0.4) is 0 Å². The van der Waals surface area contributed by atoms with Gasteiger partial charge in [-0.15, -0.1) is 0 Å². The minimum atomic E-state index is -0.663. The number of halogens is 1. The monoisotopic (exact) mass is 274 g/mol. The highest BCUT2D eigenvalue weighted by Gasteiger charge is 2.12. The molecule has 0 aromatic rings. The first kappa shape index (κ1) is 18.4. The maximum absolute atomic E-state index is 11.9. The largest absolute Gasteiger partial charge is 0.481 e. The van der Waals surface area contributed by atoms with Crippen molar-refractivity contribution in [3.8, 4) is 0 Å². The zero-order valence-corrected chi connectivity index (χ0v) is 12.5. The molecule has 0 heterocycles. The second-order valence-electron chi connectivity index (χ2n) is 5.56. The van der Waals surface area contributed by atoms with Gasteiger partial charge in [-0.05, 0) is 25.2 Å². The molecule has 0 aliphatic rings. The van der Waals surface area contributed by atoms with Gasteiger partial charge in [0, 0.05) is 6.42 Å². The molecule has 3 heteroatoms. The van der Waals surface area contributed by atoms with Crippen LogP contribution in [0.2, 0.25) is 0 Å². The van der Waals surface area contributed by atoms with Crippen LogP contribution in [0.4, 0.5) is 4.39 Å². The summed E-state index contributed by atoms with van der Waals surface area (Å²) >= 11 is 0. The highest BCUT2D eigenvalue weighted by Crippen LogP contribution is 2.21. The Morgan fingerprint density at radius 2 is 1.47 bits per heavy atom. The van der Waals surface area contributed by atoms with Gasteiger partial charge in [0.25, 0.3) is 0 Å². The highest BCUT2D eigenvalue weighted by atomic mass is 19.1. The second kappa shape index (κ2) is 13.8. The lowest BCUT2D eigenvalue weighted by atomic mass is 9.92. The summed E-state index contributed by atoms with van der Waals surface area (Å²) in [6.07, 6.45) is 12.2. The SMILES string of the molecule is CCCCCC(CCCCCCCCF)CC(=O)O. The lowest BCUT2D eigenvalue weighted by molar-refractivity contribution is -0.138. The second-order valence-corrected chi connectivity index (χ2v) is 5.56. The van der Waals surface area contributed by atoms with Crippen LogP contribution in [0.25, 0.3) is 0 Å². The maximum Gasteiger partial charge on any atom is 0.303 e. The zero-order chi connectivity index (χ0) is 14.3. The number of carboxylic acid groups (broad SMARTS) is 1. The van der Waals surface area contributed by atoms with E-state index >= 15 is 0 Å². The van der Waals surface area contributed by atoms with E-state index in [1.165, 1.54) is 12.8 Å². The van der Waals surface area contributed by atoms with Gasteiger partial charge in [0.05, 0.1) is 6.67 Å². The van der Waals surface area contributed by atoms with Crippen LogP contribution in [-0.4, -0.2) is 17.8 Å². The van der Waals surface area contributed by atoms with Crippen molar-refractivity contribution < 1.29 is 14.3 Å². The van der Waals surface area contributed by atoms with Crippen LogP contribution in [0.1, 0.15) is 84.0 Å². The molecule has 0 fully saturated rings. The van der Waals surface area contributed by atoms with Crippen molar-refractivity contribution in [2.45, 2.75) is 84.0 Å². The van der Waals surface area contributed by atoms with Crippen molar-refractivity contribution >= 4 is 5.97 Å². The first-order valence-electron chi connectivity index (χ1n) is 7.98. The van der Waals surface area contributed by atoms with Crippen molar-refractivity contribution in [2.24, 2.45) is 5.92 Å². The third kappa shape index (κ3) is 13.6. The Balaban J connectivity index is 3.58. The summed E-state index contributed by atoms with van der Waals surface area (Å²) in [7, 11) is 0. The Hall–Kier alpha value is -0.600. The average Bonchev–Trinajstić information content (AvgIpc) is 2.37. The lowest BCUT2D eigenvalue weighted by Gasteiger charge is -2.14. The molecule has 0 aliphatic heterocycles. The van der Waals surface area contributed by atoms with E-state index in [0.29, 0.717) is 18.8 Å². The molecule has 19 heavy (non-hydrogen) atoms. The van der Waals surface area contributed by atoms with Gasteiger partial charge in [-0.1, -0.05) is 58.3 Å². The topological polar surface area (TPSA) is 37.3 Å². The van der Waals surface area contributed by atoms with Gasteiger partial charge in [0.1, 0.15) is 0 Å². The number of hydrogen-bond donors (Lipinski definition) is 1. The van der Waals surface area contributed by atoms with Crippen molar-refractivity contribution in [1.82, 2.24) is 0 Å². The van der Waals surface area contributed by atoms with E-state index in [1.807, 2.05) is 0 Å². The minimum absolute atomic E-state index is 0.196. The number of unbranched alkanes of at least 4 members (excludes halogenated alkanes) is 7. The van der Waals surface area contributed by atoms with Crippen molar-refractivity contribution in [1.29, 1.82) is 0 Å². The Bertz CT molecular complexity index is 207. The van der Waals surface area contributed by atoms with Crippen molar-refractivity contribution in [2.75, 3.05) is 6.67 Å². The van der Waals surface area contributed by atoms with Gasteiger partial charge in [0.2, 0.25) is 0 Å². The molecule has 1 atom stereocenters. The molecule has 0 bridgehead atoms. The first-order chi connectivity index (χ1) is 9.20. The molecule has 2 nitrogen and oxygen atoms in total. The van der Waals surface area contributed by atoms with E-state index in [2.05, 4.69) is 6.92 Å². The number of carbonyl (C=O) groups is 1. The summed E-state index contributed by atoms with van der Waals surface area (Å²) < 4.78 is 11.9. The summed E-state index contributed by atoms with van der Waals surface area (Å²) in [4.78, 5) is 10.8. The van der Waals surface area contributed by atoms with Crippen LogP contribution < -0.4 is 0 Å². The minimum Gasteiger partial charge on any atom is -0.481 e. The Morgan fingerprint density at radius 1 is 0.947 bits per heavy atom. The van der Waals surface area contributed by atoms with Gasteiger partial charge in [-0.25, -0.2) is 0 Å². The fraction of sp³-hybridized carbons (Fsp3) is 0.938. The predicted molar refractivity (Wildman–Crippen MR) is 78.2 cm³/mol. The number of aliphatic carboxylic acids is 1. The van der Waals surface area contributed by atoms with Crippen LogP contribution in [0.5, 0.6) is 0 Å². The van der Waals surface area contributed by atoms with E-state index in [1.54, 1.807) is 0 Å². The van der Waals surface area contributed by atoms with E-state index in [-0.39, 0.29) is 6.67 Å². The van der Waals surface area contributed by atoms with Gasteiger partial charge in [0.15, 0.2) is 0 Å². The number of alkyl halides is 1. The fourth-order valence-corrected chi connectivity index (χ4v) is 2.51. The van der Waals surface area contributed by atoms with Crippen LogP contribution in [0, 0.1) is 5.92 Å². The van der Waals surface area contributed by atoms with E-state index in [0.717, 1.165) is 51.4 Å². The quantitative estimate of drug-likeness (QED) is 0.433. The molecule has 0 spiro atoms. The average molecular weight is 274 g/mol. The molecular formula is C16H31FO2. The van der Waals surface area contributed by atoms with E-state index < -0.39 is 5.97 Å². The van der Waals surface area contributed by atoms with Crippen LogP contribution >= 0.6 is 0 Å². The molecule has 0 aromatic heterocycles. The summed E-state index contributed by atoms with van der Waals surface area (Å²) in [5.74, 6) is -0.306. The zero-order valence-electron chi connectivity index (χ0n) is 12.5. The summed E-state index contributed by atoms with van der Waals surface area (Å²) in [6.45, 7) is 1.97. The van der Waals surface area contributed by atoms with Crippen LogP contribution in [0.15, 0.2) is 0 Å². The van der Waals surface area contributed by atoms with Gasteiger partial charge in [-0.2, -0.15) is 0 Å². The predicted octanol–water partition coefficient (Wildman–Crippen LogP) is 5.36. The molecule has 0 aromatic carbocycles. The van der Waals surface area contributed by atoms with Gasteiger partial charge >= 0.3 is 5.97 Å². The lowest BCUT2D eigenvalue weighted by Crippen LogP contribution is -2.08. The number of hydrogen-bond acceptors (Lipinski definition) is 1. The summed E-state index contributed by atoms with van der Waals surface area (Å²) in [5, 5.41) is 8.90. The van der Waals surface area contributed by atoms with Crippen LogP contribution in [-0.2, 0) is 4.79 Å². The smallest absolute Gasteiger partial charge is 0.303 e. The molecule has 0 rings (SSSR count). The van der Waals surface area contributed by atoms with Crippen molar-refractivity contribution in [3.63, 3.8) is 0 Å². The van der Waals surface area contributed by atoms with Gasteiger partial charge < -0.3 is 5.11 Å². The Morgan fingerprint density at radius 3 is 2.00 bits per heavy atom. The fourth-order valence-electron chi connectivity index (χ4n) is 2.51. The molecule has 0 saturated heterocycles. The maximum atomic E-state index is 11.9. The number of rotatable bonds is 14. The first-order valence-corrected chi connectivity index (χ1v) is 7.98. The number of carboxylic acids is 1. The summed E-state index contributed by atoms with van der Waals surface area (Å²) in [5.41, 5.74) is 0. The molecule has 0 saturated carbocycles. The van der Waals surface area contributed by atoms with E-state index in [9.17, 15) is 9.18 Å². The molecule has 0 radical (unpaired) electrons. The molecule has 0 aliphatic carbocycles. The molecule has 0 amide bonds. The molecular weight excluding hydrogens is 243 g/mol. The molecule has 114 valence electrons. The van der Waals surface area contributed by atoms with E-state index in [4.69, 9.17) is 5.11 Å². The van der Waals surface area contributed by atoms with Crippen molar-refractivity contribution in [3.05, 3.63) is 0 Å². The normalized spacial score (nSPS) is 12.5. The van der Waals surface area contributed by atoms with Gasteiger partial charge in [-0.3, -0.25) is 9.18 Å². The Kier molecular flexibility index (Phi) is 13.4. The standard InChI is InChI=1S/C16H31FO2/c1-2-3-8-11-15(14-16(18)19)12-9-6-4-5-7-10-13-17/h15H,2-14H2,1H3,(H,18,19). The Labute approximate surface area is 117 Å².